The van der Waals surface area contributed by atoms with Crippen LogP contribution in [0.5, 0.6) is 0 Å². The number of halogens is 6. The van der Waals surface area contributed by atoms with E-state index in [1.165, 1.54) is 0 Å². The summed E-state index contributed by atoms with van der Waals surface area (Å²) >= 11 is 0.844. The van der Waals surface area contributed by atoms with E-state index in [1.54, 1.807) is 0 Å². The van der Waals surface area contributed by atoms with Crippen molar-refractivity contribution < 1.29 is 35.6 Å². The topological polar surface area (TPSA) is 0 Å². The van der Waals surface area contributed by atoms with Gasteiger partial charge in [-0.3, -0.25) is 0 Å². The zero-order valence-electron chi connectivity index (χ0n) is 5.39. The van der Waals surface area contributed by atoms with Crippen LogP contribution in [0.2, 0.25) is 5.02 Å². The normalized spacial score (nSPS) is 12.9. The SMILES string of the molecule is FC(F)(F)C(F)(F)C[CH2][Zn][I]. The molecule has 0 radical (unpaired) electrons. The molecule has 0 aromatic rings. The van der Waals surface area contributed by atoms with Crippen LogP contribution in [0.4, 0.5) is 22.0 Å². The summed E-state index contributed by atoms with van der Waals surface area (Å²) in [6.07, 6.45) is -6.39. The number of alkyl halides is 5. The van der Waals surface area contributed by atoms with Gasteiger partial charge in [0.15, 0.2) is 0 Å². The van der Waals surface area contributed by atoms with Gasteiger partial charge in [0.05, 0.1) is 0 Å². The van der Waals surface area contributed by atoms with Crippen molar-refractivity contribution >= 4 is 19.8 Å². The molecule has 0 rings (SSSR count). The van der Waals surface area contributed by atoms with Crippen LogP contribution in [0, 0.1) is 0 Å². The molecule has 0 nitrogen and oxygen atoms in total. The second-order valence-electron chi connectivity index (χ2n) is 1.99. The molecular formula is C4H4F5IZn. The molecule has 0 bridgehead atoms. The monoisotopic (exact) mass is 338 g/mol. The van der Waals surface area contributed by atoms with Gasteiger partial charge < -0.3 is 0 Å². The van der Waals surface area contributed by atoms with Crippen molar-refractivity contribution in [3.05, 3.63) is 0 Å². The molecule has 11 heavy (non-hydrogen) atoms. The molecule has 0 N–H and O–H groups in total. The molecule has 7 heteroatoms. The number of hydrogen-bond acceptors (Lipinski definition) is 0. The van der Waals surface area contributed by atoms with Crippen molar-refractivity contribution in [1.29, 1.82) is 0 Å². The number of hydrogen-bond donors (Lipinski definition) is 0. The third kappa shape index (κ3) is 3.96. The van der Waals surface area contributed by atoms with Gasteiger partial charge in [0.25, 0.3) is 0 Å². The van der Waals surface area contributed by atoms with Crippen LogP contribution in [0.15, 0.2) is 0 Å². The summed E-state index contributed by atoms with van der Waals surface area (Å²) < 4.78 is 58.3. The van der Waals surface area contributed by atoms with Crippen LogP contribution in [-0.4, -0.2) is 12.1 Å². The van der Waals surface area contributed by atoms with E-state index in [9.17, 15) is 22.0 Å². The number of rotatable bonds is 3. The van der Waals surface area contributed by atoms with E-state index in [2.05, 4.69) is 0 Å². The van der Waals surface area contributed by atoms with Crippen LogP contribution in [-0.2, 0) is 13.6 Å². The van der Waals surface area contributed by atoms with Crippen molar-refractivity contribution in [2.24, 2.45) is 0 Å². The third-order valence-electron chi connectivity index (χ3n) is 1.04. The Bertz CT molecular complexity index is 122. The van der Waals surface area contributed by atoms with Gasteiger partial charge >= 0.3 is 78.8 Å². The molecule has 0 fully saturated rings. The summed E-state index contributed by atoms with van der Waals surface area (Å²) in [7, 11) is 0. The van der Waals surface area contributed by atoms with Crippen LogP contribution >= 0.6 is 19.8 Å². The van der Waals surface area contributed by atoms with Gasteiger partial charge in [-0.2, -0.15) is 0 Å². The van der Waals surface area contributed by atoms with Crippen LogP contribution in [0.25, 0.3) is 0 Å². The van der Waals surface area contributed by atoms with Crippen LogP contribution < -0.4 is 0 Å². The van der Waals surface area contributed by atoms with Crippen molar-refractivity contribution in [1.82, 2.24) is 0 Å². The maximum absolute atomic E-state index is 12.0. The zero-order chi connectivity index (χ0) is 9.12. The van der Waals surface area contributed by atoms with Crippen LogP contribution in [0.3, 0.4) is 0 Å². The van der Waals surface area contributed by atoms with Crippen molar-refractivity contribution in [2.75, 3.05) is 0 Å². The Morgan fingerprint density at radius 3 is 1.82 bits per heavy atom. The molecule has 0 amide bonds. The van der Waals surface area contributed by atoms with Crippen molar-refractivity contribution in [3.63, 3.8) is 0 Å². The molecule has 0 unspecified atom stereocenters. The molecule has 0 atom stereocenters. The summed E-state index contributed by atoms with van der Waals surface area (Å²) in [6, 6.07) is 0. The fourth-order valence-corrected chi connectivity index (χ4v) is 3.62. The van der Waals surface area contributed by atoms with E-state index < -0.39 is 32.1 Å². The Morgan fingerprint density at radius 2 is 1.55 bits per heavy atom. The first-order chi connectivity index (χ1) is 4.81. The molecule has 0 aromatic carbocycles. The quantitative estimate of drug-likeness (QED) is 0.420. The van der Waals surface area contributed by atoms with Crippen molar-refractivity contribution in [2.45, 2.75) is 23.5 Å². The second-order valence-corrected chi connectivity index (χ2v) is 9.88. The van der Waals surface area contributed by atoms with Gasteiger partial charge in [-0.15, -0.1) is 0 Å². The van der Waals surface area contributed by atoms with Gasteiger partial charge in [0.2, 0.25) is 0 Å². The summed E-state index contributed by atoms with van der Waals surface area (Å²) in [5.74, 6) is -4.47. The van der Waals surface area contributed by atoms with Gasteiger partial charge in [-0.1, -0.05) is 0 Å². The molecule has 0 aliphatic rings. The molecule has 64 valence electrons. The van der Waals surface area contributed by atoms with E-state index in [0.717, 1.165) is 0 Å². The third-order valence-corrected chi connectivity index (χ3v) is 6.31. The summed E-state index contributed by atoms with van der Waals surface area (Å²) in [5, 5.41) is 0.0695. The molecule has 0 aliphatic heterocycles. The first-order valence-electron chi connectivity index (χ1n) is 2.82. The first-order valence-corrected chi connectivity index (χ1v) is 14.0. The standard InChI is InChI=1S/C4H4F5.HI.Zn/c1-2-3(5,6)4(7,8)9;;/h1-2H2;1H;/q;;+1/p-1. The Morgan fingerprint density at radius 1 is 1.09 bits per heavy atom. The molecule has 0 spiro atoms. The average molecular weight is 339 g/mol. The van der Waals surface area contributed by atoms with E-state index in [4.69, 9.17) is 0 Å². The summed E-state index contributed by atoms with van der Waals surface area (Å²) in [6.45, 7) is 0. The predicted molar refractivity (Wildman–Crippen MR) is 34.4 cm³/mol. The van der Waals surface area contributed by atoms with E-state index in [1.807, 2.05) is 19.8 Å². The van der Waals surface area contributed by atoms with Crippen molar-refractivity contribution in [3.8, 4) is 0 Å². The second kappa shape index (κ2) is 4.30. The maximum atomic E-state index is 12.0. The molecule has 0 heterocycles. The summed E-state index contributed by atoms with van der Waals surface area (Å²) in [4.78, 5) is 0. The summed E-state index contributed by atoms with van der Waals surface area (Å²) in [5.41, 5.74) is 0. The van der Waals surface area contributed by atoms with Crippen LogP contribution in [0.1, 0.15) is 6.42 Å². The zero-order valence-corrected chi connectivity index (χ0v) is 10.5. The first kappa shape index (κ1) is 12.0. The molecule has 0 aliphatic carbocycles. The fourth-order valence-electron chi connectivity index (χ4n) is 0.431. The minimum absolute atomic E-state index is 0.0695. The van der Waals surface area contributed by atoms with Gasteiger partial charge in [-0.25, -0.2) is 0 Å². The fraction of sp³-hybridized carbons (Fsp3) is 1.00. The van der Waals surface area contributed by atoms with Gasteiger partial charge in [-0.05, 0) is 0 Å². The Hall–Kier alpha value is 1.00. The Labute approximate surface area is 78.7 Å². The van der Waals surface area contributed by atoms with E-state index in [0.29, 0.717) is 0 Å². The van der Waals surface area contributed by atoms with E-state index in [-0.39, 0.29) is 5.02 Å². The molecule has 0 aromatic heterocycles. The molecular weight excluding hydrogens is 335 g/mol. The van der Waals surface area contributed by atoms with E-state index >= 15 is 0 Å². The molecule has 0 saturated carbocycles. The van der Waals surface area contributed by atoms with Gasteiger partial charge in [0, 0.05) is 0 Å². The Balaban J connectivity index is 4.00. The average Bonchev–Trinajstić information content (AvgIpc) is 1.81. The predicted octanol–water partition coefficient (Wildman–Crippen LogP) is 3.42. The Kier molecular flexibility index (Phi) is 4.69. The van der Waals surface area contributed by atoms with Gasteiger partial charge in [0.1, 0.15) is 0 Å². The molecule has 0 saturated heterocycles. The minimum atomic E-state index is -5.36.